The third kappa shape index (κ3) is 2.89. The fourth-order valence-electron chi connectivity index (χ4n) is 5.30. The first-order valence-electron chi connectivity index (χ1n) is 11.5. The fraction of sp³-hybridized carbons (Fsp3) is 0.280. The van der Waals surface area contributed by atoms with Crippen LogP contribution < -0.4 is 15.0 Å². The van der Waals surface area contributed by atoms with Gasteiger partial charge in [-0.05, 0) is 37.1 Å². The molecule has 0 amide bonds. The molecule has 5 heterocycles. The molecule has 8 nitrogen and oxygen atoms in total. The Kier molecular flexibility index (Phi) is 4.00. The molecule has 9 heteroatoms. The zero-order chi connectivity index (χ0) is 22.9. The van der Waals surface area contributed by atoms with Crippen molar-refractivity contribution in [3.8, 4) is 11.8 Å². The molecule has 0 bridgehead atoms. The minimum atomic E-state index is -0.308. The topological polar surface area (TPSA) is 91.8 Å². The van der Waals surface area contributed by atoms with Crippen molar-refractivity contribution < 1.29 is 9.13 Å². The second-order valence-electron chi connectivity index (χ2n) is 9.33. The first-order chi connectivity index (χ1) is 16.6. The molecule has 1 aliphatic carbocycles. The number of hydrogen-bond acceptors (Lipinski definition) is 7. The summed E-state index contributed by atoms with van der Waals surface area (Å²) in [4.78, 5) is 23.8. The van der Waals surface area contributed by atoms with E-state index in [1.807, 2.05) is 18.2 Å². The van der Waals surface area contributed by atoms with E-state index in [1.165, 1.54) is 25.3 Å². The largest absolute Gasteiger partial charge is 0.422 e. The van der Waals surface area contributed by atoms with Gasteiger partial charge in [0.25, 0.3) is 0 Å². The summed E-state index contributed by atoms with van der Waals surface area (Å²) in [6, 6.07) is 8.80. The number of ether oxygens (including phenoxy) is 1. The van der Waals surface area contributed by atoms with Gasteiger partial charge in [-0.3, -0.25) is 9.97 Å². The number of hydrogen-bond donors (Lipinski definition) is 2. The van der Waals surface area contributed by atoms with Gasteiger partial charge in [0, 0.05) is 43.2 Å². The number of halogens is 1. The van der Waals surface area contributed by atoms with Crippen molar-refractivity contribution >= 4 is 44.5 Å². The molecule has 0 atom stereocenters. The van der Waals surface area contributed by atoms with Crippen molar-refractivity contribution in [2.45, 2.75) is 19.3 Å². The van der Waals surface area contributed by atoms with Crippen LogP contribution in [0.5, 0.6) is 11.8 Å². The van der Waals surface area contributed by atoms with Crippen LogP contribution in [0.15, 0.2) is 42.7 Å². The summed E-state index contributed by atoms with van der Waals surface area (Å²) in [5, 5.41) is 4.64. The van der Waals surface area contributed by atoms with E-state index in [2.05, 4.69) is 30.2 Å². The minimum Gasteiger partial charge on any atom is -0.422 e. The molecule has 4 aromatic heterocycles. The summed E-state index contributed by atoms with van der Waals surface area (Å²) < 4.78 is 20.5. The smallest absolute Gasteiger partial charge is 0.326 e. The van der Waals surface area contributed by atoms with Crippen molar-refractivity contribution in [2.75, 3.05) is 30.4 Å². The molecule has 34 heavy (non-hydrogen) atoms. The second kappa shape index (κ2) is 6.99. The van der Waals surface area contributed by atoms with Crippen LogP contribution in [0.4, 0.5) is 15.9 Å². The number of nitrogens with zero attached hydrogens (tertiary/aromatic N) is 5. The Morgan fingerprint density at radius 3 is 2.79 bits per heavy atom. The predicted molar refractivity (Wildman–Crippen MR) is 129 cm³/mol. The van der Waals surface area contributed by atoms with Crippen molar-refractivity contribution in [3.63, 3.8) is 0 Å². The van der Waals surface area contributed by atoms with Gasteiger partial charge in [-0.25, -0.2) is 4.39 Å². The molecule has 1 saturated heterocycles. The highest BCUT2D eigenvalue weighted by Crippen LogP contribution is 2.50. The highest BCUT2D eigenvalue weighted by Gasteiger charge is 2.48. The summed E-state index contributed by atoms with van der Waals surface area (Å²) in [7, 11) is 1.78. The van der Waals surface area contributed by atoms with E-state index in [1.54, 1.807) is 25.5 Å². The number of anilines is 2. The summed E-state index contributed by atoms with van der Waals surface area (Å²) in [5.74, 6) is 0.967. The zero-order valence-electron chi connectivity index (χ0n) is 18.6. The van der Waals surface area contributed by atoms with Crippen molar-refractivity contribution in [2.24, 2.45) is 5.41 Å². The maximum absolute atomic E-state index is 14.5. The van der Waals surface area contributed by atoms with E-state index < -0.39 is 0 Å². The summed E-state index contributed by atoms with van der Waals surface area (Å²) in [6.45, 7) is 1.89. The van der Waals surface area contributed by atoms with Gasteiger partial charge in [0.15, 0.2) is 5.75 Å². The van der Waals surface area contributed by atoms with Crippen molar-refractivity contribution in [1.82, 2.24) is 24.9 Å². The predicted octanol–water partition coefficient (Wildman–Crippen LogP) is 5.02. The number of aromatic amines is 1. The normalized spacial score (nSPS) is 16.7. The van der Waals surface area contributed by atoms with Gasteiger partial charge in [-0.2, -0.15) is 9.97 Å². The van der Waals surface area contributed by atoms with Crippen LogP contribution in [-0.4, -0.2) is 45.1 Å². The minimum absolute atomic E-state index is 0.215. The van der Waals surface area contributed by atoms with E-state index >= 15 is 0 Å². The first-order valence-corrected chi connectivity index (χ1v) is 11.5. The number of nitrogens with one attached hydrogen (secondary N) is 2. The molecule has 2 N–H and O–H groups in total. The summed E-state index contributed by atoms with van der Waals surface area (Å²) >= 11 is 0. The van der Waals surface area contributed by atoms with Crippen LogP contribution in [-0.2, 0) is 0 Å². The van der Waals surface area contributed by atoms with Crippen molar-refractivity contribution in [1.29, 1.82) is 0 Å². The first kappa shape index (κ1) is 19.5. The molecule has 1 aromatic carbocycles. The third-order valence-corrected chi connectivity index (χ3v) is 7.16. The number of fused-ring (bicyclic) bond motifs is 4. The average Bonchev–Trinajstić information content (AvgIpc) is 3.14. The molecule has 0 unspecified atom stereocenters. The van der Waals surface area contributed by atoms with Gasteiger partial charge < -0.3 is 19.9 Å². The average molecular weight is 455 g/mol. The van der Waals surface area contributed by atoms with E-state index in [0.29, 0.717) is 22.5 Å². The van der Waals surface area contributed by atoms with Crippen LogP contribution in [0.1, 0.15) is 19.3 Å². The lowest BCUT2D eigenvalue weighted by molar-refractivity contribution is 0.0898. The molecule has 7 rings (SSSR count). The number of rotatable bonds is 4. The van der Waals surface area contributed by atoms with Gasteiger partial charge in [0.1, 0.15) is 17.3 Å². The molecule has 1 aliphatic heterocycles. The van der Waals surface area contributed by atoms with E-state index in [9.17, 15) is 4.39 Å². The highest BCUT2D eigenvalue weighted by atomic mass is 19.1. The van der Waals surface area contributed by atoms with E-state index in [0.717, 1.165) is 46.2 Å². The molecule has 0 radical (unpaired) electrons. The molecule has 1 spiro atoms. The van der Waals surface area contributed by atoms with Gasteiger partial charge >= 0.3 is 6.01 Å². The Morgan fingerprint density at radius 2 is 2.00 bits per heavy atom. The van der Waals surface area contributed by atoms with Gasteiger partial charge in [0.05, 0.1) is 33.8 Å². The zero-order valence-corrected chi connectivity index (χ0v) is 18.6. The molecular formula is C25H22FN7O. The maximum Gasteiger partial charge on any atom is 0.326 e. The molecule has 1 saturated carbocycles. The highest BCUT2D eigenvalue weighted by molar-refractivity contribution is 6.14. The number of aromatic nitrogens is 5. The molecule has 2 aliphatic rings. The maximum atomic E-state index is 14.5. The van der Waals surface area contributed by atoms with Gasteiger partial charge in [0.2, 0.25) is 0 Å². The molecule has 2 fully saturated rings. The molecule has 170 valence electrons. The van der Waals surface area contributed by atoms with Crippen LogP contribution >= 0.6 is 0 Å². The second-order valence-corrected chi connectivity index (χ2v) is 9.33. The number of benzene rings is 1. The SMILES string of the molecule is CNc1cc(F)cc2c1[nH]c1nc(Oc3cnc4cccnc4c3)nc(N3CC4(CCC4)C3)c12. The van der Waals surface area contributed by atoms with Crippen LogP contribution in [0.25, 0.3) is 33.0 Å². The van der Waals surface area contributed by atoms with Gasteiger partial charge in [-0.15, -0.1) is 0 Å². The van der Waals surface area contributed by atoms with E-state index in [-0.39, 0.29) is 11.8 Å². The molecular weight excluding hydrogens is 433 g/mol. The lowest BCUT2D eigenvalue weighted by Gasteiger charge is -2.56. The van der Waals surface area contributed by atoms with E-state index in [4.69, 9.17) is 9.72 Å². The Bertz CT molecular complexity index is 1590. The lowest BCUT2D eigenvalue weighted by atomic mass is 9.63. The third-order valence-electron chi connectivity index (χ3n) is 7.16. The Labute approximate surface area is 194 Å². The summed E-state index contributed by atoms with van der Waals surface area (Å²) in [6.07, 6.45) is 7.15. The Balaban J connectivity index is 1.37. The van der Waals surface area contributed by atoms with Gasteiger partial charge in [-0.1, -0.05) is 6.42 Å². The molecule has 5 aromatic rings. The Hall–Kier alpha value is -4.01. The quantitative estimate of drug-likeness (QED) is 0.393. The fourth-order valence-corrected chi connectivity index (χ4v) is 5.30. The standard InChI is InChI=1S/C25H22FN7O/c1-27-19-9-14(26)8-16-20-22(30-21(16)19)31-24(32-23(20)33-12-25(13-33)5-3-6-25)34-15-10-18-17(29-11-15)4-2-7-28-18/h2,4,7-11,27H,3,5-6,12-13H2,1H3,(H,30,31,32). The lowest BCUT2D eigenvalue weighted by Crippen LogP contribution is -2.60. The monoisotopic (exact) mass is 455 g/mol. The van der Waals surface area contributed by atoms with Crippen molar-refractivity contribution in [3.05, 3.63) is 48.5 Å². The van der Waals surface area contributed by atoms with Crippen LogP contribution in [0.2, 0.25) is 0 Å². The number of pyridine rings is 2. The van der Waals surface area contributed by atoms with Crippen LogP contribution in [0.3, 0.4) is 0 Å². The van der Waals surface area contributed by atoms with Crippen LogP contribution in [0, 0.1) is 11.2 Å². The summed E-state index contributed by atoms with van der Waals surface area (Å²) in [5.41, 5.74) is 4.00. The Morgan fingerprint density at radius 1 is 1.12 bits per heavy atom. The number of H-pyrrole nitrogens is 1.